The third-order valence-electron chi connectivity index (χ3n) is 4.61. The van der Waals surface area contributed by atoms with Gasteiger partial charge in [-0.3, -0.25) is 19.8 Å². The number of amides is 2. The quantitative estimate of drug-likeness (QED) is 0.257. The van der Waals surface area contributed by atoms with Gasteiger partial charge in [0.1, 0.15) is 5.57 Å². The topological polar surface area (TPSA) is 67.9 Å². The van der Waals surface area contributed by atoms with Crippen molar-refractivity contribution in [2.75, 3.05) is 18.6 Å². The summed E-state index contributed by atoms with van der Waals surface area (Å²) in [6, 6.07) is 8.33. The summed E-state index contributed by atoms with van der Waals surface area (Å²) in [6.07, 6.45) is 3.71. The molecule has 2 amide bonds. The molecule has 0 unspecified atom stereocenters. The summed E-state index contributed by atoms with van der Waals surface area (Å²) in [6.45, 7) is 6.04. The first-order chi connectivity index (χ1) is 15.3. The Bertz CT molecular complexity index is 1150. The van der Waals surface area contributed by atoms with E-state index >= 15 is 0 Å². The number of nitrogens with one attached hydrogen (secondary N) is 1. The summed E-state index contributed by atoms with van der Waals surface area (Å²) in [5.41, 5.74) is 1.53. The van der Waals surface area contributed by atoms with E-state index in [1.807, 2.05) is 6.92 Å². The molecule has 0 aromatic heterocycles. The molecule has 9 heteroatoms. The van der Waals surface area contributed by atoms with Crippen LogP contribution in [-0.4, -0.2) is 30.6 Å². The lowest BCUT2D eigenvalue weighted by molar-refractivity contribution is -0.122. The Balaban J connectivity index is 2.11. The number of hydrogen-bond acceptors (Lipinski definition) is 5. The highest BCUT2D eigenvalue weighted by molar-refractivity contribution is 7.80. The smallest absolute Gasteiger partial charge is 0.270 e. The second-order valence-electron chi connectivity index (χ2n) is 6.67. The Labute approximate surface area is 201 Å². The zero-order valence-corrected chi connectivity index (χ0v) is 19.7. The fourth-order valence-corrected chi connectivity index (χ4v) is 3.93. The Hall–Kier alpha value is -2.87. The van der Waals surface area contributed by atoms with Crippen LogP contribution in [0.3, 0.4) is 0 Å². The minimum Gasteiger partial charge on any atom is -0.493 e. The van der Waals surface area contributed by atoms with Gasteiger partial charge in [0, 0.05) is 5.56 Å². The highest BCUT2D eigenvalue weighted by Crippen LogP contribution is 2.36. The zero-order valence-electron chi connectivity index (χ0n) is 17.4. The van der Waals surface area contributed by atoms with Crippen LogP contribution in [0.25, 0.3) is 6.08 Å². The van der Waals surface area contributed by atoms with Crippen LogP contribution in [0.2, 0.25) is 10.0 Å². The van der Waals surface area contributed by atoms with E-state index in [1.54, 1.807) is 43.5 Å². The van der Waals surface area contributed by atoms with Gasteiger partial charge in [0.25, 0.3) is 11.8 Å². The summed E-state index contributed by atoms with van der Waals surface area (Å²) in [7, 11) is 1.55. The zero-order chi connectivity index (χ0) is 23.4. The van der Waals surface area contributed by atoms with E-state index in [-0.39, 0.29) is 26.4 Å². The molecule has 2 aromatic rings. The number of nitrogens with zero attached hydrogens (tertiary/aromatic N) is 1. The highest BCUT2D eigenvalue weighted by atomic mass is 35.5. The summed E-state index contributed by atoms with van der Waals surface area (Å²) < 4.78 is 11.2. The summed E-state index contributed by atoms with van der Waals surface area (Å²) >= 11 is 17.6. The van der Waals surface area contributed by atoms with E-state index in [1.165, 1.54) is 6.08 Å². The van der Waals surface area contributed by atoms with Gasteiger partial charge in [0.05, 0.1) is 29.4 Å². The molecule has 0 atom stereocenters. The molecule has 166 valence electrons. The monoisotopic (exact) mass is 490 g/mol. The third kappa shape index (κ3) is 4.65. The number of benzene rings is 2. The van der Waals surface area contributed by atoms with Crippen LogP contribution in [-0.2, 0) is 16.0 Å². The maximum atomic E-state index is 13.3. The van der Waals surface area contributed by atoms with E-state index in [0.29, 0.717) is 30.1 Å². The van der Waals surface area contributed by atoms with Gasteiger partial charge in [-0.1, -0.05) is 35.3 Å². The summed E-state index contributed by atoms with van der Waals surface area (Å²) in [5.74, 6) is -0.174. The van der Waals surface area contributed by atoms with Gasteiger partial charge in [0.15, 0.2) is 16.6 Å². The van der Waals surface area contributed by atoms with E-state index in [4.69, 9.17) is 44.9 Å². The van der Waals surface area contributed by atoms with Gasteiger partial charge in [0.2, 0.25) is 0 Å². The molecule has 0 aliphatic carbocycles. The molecular weight excluding hydrogens is 471 g/mol. The molecule has 1 N–H and O–H groups in total. The number of ether oxygens (including phenoxy) is 2. The first-order valence-electron chi connectivity index (χ1n) is 9.62. The van der Waals surface area contributed by atoms with Crippen molar-refractivity contribution >= 4 is 64.1 Å². The molecular formula is C23H20Cl2N2O4S. The van der Waals surface area contributed by atoms with Crippen LogP contribution in [0, 0.1) is 0 Å². The van der Waals surface area contributed by atoms with Crippen molar-refractivity contribution in [3.05, 3.63) is 69.7 Å². The molecule has 6 nitrogen and oxygen atoms in total. The van der Waals surface area contributed by atoms with Crippen LogP contribution in [0.4, 0.5) is 5.69 Å². The average Bonchev–Trinajstić information content (AvgIpc) is 2.74. The maximum absolute atomic E-state index is 13.3. The van der Waals surface area contributed by atoms with Crippen molar-refractivity contribution in [3.63, 3.8) is 0 Å². The van der Waals surface area contributed by atoms with E-state index < -0.39 is 11.8 Å². The van der Waals surface area contributed by atoms with Gasteiger partial charge < -0.3 is 9.47 Å². The van der Waals surface area contributed by atoms with Crippen molar-refractivity contribution in [3.8, 4) is 11.5 Å². The molecule has 32 heavy (non-hydrogen) atoms. The second-order valence-corrected chi connectivity index (χ2v) is 7.84. The van der Waals surface area contributed by atoms with Crippen molar-refractivity contribution in [2.24, 2.45) is 0 Å². The molecule has 2 aromatic carbocycles. The normalized spacial score (nSPS) is 15.1. The van der Waals surface area contributed by atoms with Crippen LogP contribution >= 0.6 is 35.4 Å². The van der Waals surface area contributed by atoms with Crippen LogP contribution in [0.5, 0.6) is 11.5 Å². The molecule has 0 saturated carbocycles. The standard InChI is InChI=1S/C23H20Cl2N2O4S/c1-4-7-14-10-13(12-18(31-5-2)20(14)30-3)11-15-21(28)26-23(32)27(22(15)29)17-9-6-8-16(24)19(17)25/h4,6,8-12H,1,5,7H2,2-3H3,(H,26,28,32)/b15-11+. The fraction of sp³-hybridized carbons (Fsp3) is 0.174. The molecule has 1 aliphatic rings. The number of halogens is 2. The van der Waals surface area contributed by atoms with Gasteiger partial charge >= 0.3 is 0 Å². The van der Waals surface area contributed by atoms with Crippen molar-refractivity contribution in [1.29, 1.82) is 0 Å². The summed E-state index contributed by atoms with van der Waals surface area (Å²) in [4.78, 5) is 27.1. The number of carbonyl (C=O) groups is 2. The van der Waals surface area contributed by atoms with E-state index in [0.717, 1.165) is 10.5 Å². The van der Waals surface area contributed by atoms with Crippen LogP contribution < -0.4 is 19.7 Å². The lowest BCUT2D eigenvalue weighted by Gasteiger charge is -2.29. The average molecular weight is 491 g/mol. The number of rotatable bonds is 7. The SMILES string of the molecule is C=CCc1cc(/C=C2\C(=O)NC(=S)N(c3cccc(Cl)c3Cl)C2=O)cc(OCC)c1OC. The molecule has 1 heterocycles. The predicted molar refractivity (Wildman–Crippen MR) is 131 cm³/mol. The summed E-state index contributed by atoms with van der Waals surface area (Å²) in [5, 5.41) is 2.85. The Morgan fingerprint density at radius 2 is 2.00 bits per heavy atom. The van der Waals surface area contributed by atoms with Crippen LogP contribution in [0.1, 0.15) is 18.1 Å². The van der Waals surface area contributed by atoms with Gasteiger partial charge in [-0.05, 0) is 61.5 Å². The Morgan fingerprint density at radius 3 is 2.66 bits per heavy atom. The van der Waals surface area contributed by atoms with Crippen molar-refractivity contribution < 1.29 is 19.1 Å². The van der Waals surface area contributed by atoms with E-state index in [2.05, 4.69) is 11.9 Å². The number of methoxy groups -OCH3 is 1. The number of allylic oxidation sites excluding steroid dienone is 1. The number of anilines is 1. The third-order valence-corrected chi connectivity index (χ3v) is 5.70. The fourth-order valence-electron chi connectivity index (χ4n) is 3.28. The highest BCUT2D eigenvalue weighted by Gasteiger charge is 2.35. The van der Waals surface area contributed by atoms with Crippen molar-refractivity contribution in [2.45, 2.75) is 13.3 Å². The largest absolute Gasteiger partial charge is 0.493 e. The lowest BCUT2D eigenvalue weighted by atomic mass is 10.0. The molecule has 1 fully saturated rings. The lowest BCUT2D eigenvalue weighted by Crippen LogP contribution is -2.54. The van der Waals surface area contributed by atoms with Gasteiger partial charge in [-0.2, -0.15) is 0 Å². The second kappa shape index (κ2) is 10.2. The first-order valence-corrected chi connectivity index (χ1v) is 10.8. The van der Waals surface area contributed by atoms with Gasteiger partial charge in [-0.15, -0.1) is 6.58 Å². The minimum absolute atomic E-state index is 0.0848. The maximum Gasteiger partial charge on any atom is 0.270 e. The molecule has 1 aliphatic heterocycles. The number of hydrogen-bond donors (Lipinski definition) is 1. The Morgan fingerprint density at radius 1 is 1.25 bits per heavy atom. The van der Waals surface area contributed by atoms with Gasteiger partial charge in [-0.25, -0.2) is 0 Å². The first kappa shape index (κ1) is 23.8. The Kier molecular flexibility index (Phi) is 7.56. The van der Waals surface area contributed by atoms with E-state index in [9.17, 15) is 9.59 Å². The number of thiocarbonyl (C=S) groups is 1. The molecule has 0 spiro atoms. The molecule has 0 bridgehead atoms. The minimum atomic E-state index is -0.623. The predicted octanol–water partition coefficient (Wildman–Crippen LogP) is 4.96. The van der Waals surface area contributed by atoms with Crippen LogP contribution in [0.15, 0.2) is 48.6 Å². The molecule has 0 radical (unpaired) electrons. The number of carbonyl (C=O) groups excluding carboxylic acids is 2. The molecule has 3 rings (SSSR count). The van der Waals surface area contributed by atoms with Crippen molar-refractivity contribution in [1.82, 2.24) is 5.32 Å². The molecule has 1 saturated heterocycles.